The molecular weight excluding hydrogens is 400 g/mol. The van der Waals surface area contributed by atoms with Gasteiger partial charge in [-0.15, -0.1) is 0 Å². The Kier molecular flexibility index (Phi) is 8.24. The molecule has 8 heteroatoms. The molecule has 31 heavy (non-hydrogen) atoms. The van der Waals surface area contributed by atoms with Crippen molar-refractivity contribution in [1.29, 1.82) is 0 Å². The third-order valence-electron chi connectivity index (χ3n) is 4.38. The van der Waals surface area contributed by atoms with Crippen molar-refractivity contribution in [3.05, 3.63) is 48.3 Å². The van der Waals surface area contributed by atoms with Crippen molar-refractivity contribution >= 4 is 29.2 Å². The second-order valence-corrected chi connectivity index (χ2v) is 8.12. The molecule has 0 radical (unpaired) electrons. The average Bonchev–Trinajstić information content (AvgIpc) is 3.12. The van der Waals surface area contributed by atoms with Crippen LogP contribution in [0.2, 0.25) is 0 Å². The minimum absolute atomic E-state index is 0.000303. The van der Waals surface area contributed by atoms with Gasteiger partial charge in [0, 0.05) is 23.8 Å². The molecule has 0 saturated carbocycles. The number of pyridine rings is 1. The van der Waals surface area contributed by atoms with E-state index < -0.39 is 29.4 Å². The van der Waals surface area contributed by atoms with Crippen LogP contribution in [-0.4, -0.2) is 47.4 Å². The van der Waals surface area contributed by atoms with Crippen LogP contribution in [0.3, 0.4) is 0 Å². The molecule has 0 fully saturated rings. The van der Waals surface area contributed by atoms with Crippen LogP contribution in [0.1, 0.15) is 44.9 Å². The molecule has 1 aliphatic rings. The van der Waals surface area contributed by atoms with Gasteiger partial charge in [-0.3, -0.25) is 24.2 Å². The molecule has 0 aliphatic heterocycles. The Labute approximate surface area is 181 Å². The normalized spacial score (nSPS) is 13.5. The molecule has 1 atom stereocenters. The minimum atomic E-state index is -1.02. The number of fused-ring (bicyclic) bond motifs is 1. The Hall–Kier alpha value is -3.29. The van der Waals surface area contributed by atoms with Gasteiger partial charge in [0.15, 0.2) is 5.78 Å². The molecule has 0 saturated heterocycles. The number of carbonyl (C=O) groups excluding carboxylic acids is 4. The lowest BCUT2D eigenvalue weighted by molar-refractivity contribution is -0.158. The molecule has 0 aromatic carbocycles. The van der Waals surface area contributed by atoms with E-state index in [-0.39, 0.29) is 31.8 Å². The fourth-order valence-corrected chi connectivity index (χ4v) is 3.08. The summed E-state index contributed by atoms with van der Waals surface area (Å²) in [6, 6.07) is 3.55. The van der Waals surface area contributed by atoms with Crippen LogP contribution in [0.25, 0.3) is 5.57 Å². The van der Waals surface area contributed by atoms with Crippen LogP contribution in [-0.2, 0) is 35.1 Å². The van der Waals surface area contributed by atoms with E-state index in [1.807, 2.05) is 6.07 Å². The van der Waals surface area contributed by atoms with Crippen molar-refractivity contribution in [1.82, 2.24) is 10.3 Å². The van der Waals surface area contributed by atoms with Gasteiger partial charge in [0.1, 0.15) is 12.2 Å². The molecule has 8 nitrogen and oxygen atoms in total. The van der Waals surface area contributed by atoms with Gasteiger partial charge in [0.05, 0.1) is 31.0 Å². The first-order valence-electron chi connectivity index (χ1n) is 10.0. The van der Waals surface area contributed by atoms with Gasteiger partial charge in [-0.05, 0) is 26.8 Å². The van der Waals surface area contributed by atoms with Crippen molar-refractivity contribution in [2.24, 2.45) is 5.92 Å². The summed E-state index contributed by atoms with van der Waals surface area (Å²) in [6.45, 7) is 8.32. The molecule has 0 bridgehead atoms. The smallest absolute Gasteiger partial charge is 0.307 e. The van der Waals surface area contributed by atoms with Crippen molar-refractivity contribution < 1.29 is 28.7 Å². The molecule has 1 N–H and O–H groups in total. The van der Waals surface area contributed by atoms with Gasteiger partial charge < -0.3 is 14.8 Å². The lowest BCUT2D eigenvalue weighted by Gasteiger charge is -2.21. The fourth-order valence-electron chi connectivity index (χ4n) is 3.08. The highest BCUT2D eigenvalue weighted by atomic mass is 16.6. The zero-order chi connectivity index (χ0) is 23.0. The molecule has 1 heterocycles. The lowest BCUT2D eigenvalue weighted by atomic mass is 9.99. The summed E-state index contributed by atoms with van der Waals surface area (Å²) in [4.78, 5) is 53.7. The number of hydrogen-bond donors (Lipinski definition) is 1. The number of esters is 2. The summed E-state index contributed by atoms with van der Waals surface area (Å²) in [5, 5.41) is 2.53. The second kappa shape index (κ2) is 10.7. The number of Topliss-reactive ketones (excluding diaryl/α,β-unsaturated/α-hetero) is 1. The van der Waals surface area contributed by atoms with Crippen LogP contribution in [0.4, 0.5) is 0 Å². The van der Waals surface area contributed by atoms with Crippen molar-refractivity contribution in [2.75, 3.05) is 13.2 Å². The number of allylic oxidation sites excluding steroid dienone is 1. The molecule has 0 unspecified atom stereocenters. The minimum Gasteiger partial charge on any atom is -0.461 e. The van der Waals surface area contributed by atoms with Gasteiger partial charge in [0.2, 0.25) is 5.91 Å². The Morgan fingerprint density at radius 3 is 2.61 bits per heavy atom. The zero-order valence-electron chi connectivity index (χ0n) is 18.1. The maximum Gasteiger partial charge on any atom is 0.307 e. The first-order chi connectivity index (χ1) is 14.6. The van der Waals surface area contributed by atoms with E-state index in [1.54, 1.807) is 39.1 Å². The first-order valence-corrected chi connectivity index (χ1v) is 10.0. The summed E-state index contributed by atoms with van der Waals surface area (Å²) in [5.41, 5.74) is 1.33. The van der Waals surface area contributed by atoms with E-state index in [1.165, 1.54) is 6.08 Å². The lowest BCUT2D eigenvalue weighted by Crippen LogP contribution is -2.38. The second-order valence-electron chi connectivity index (χ2n) is 8.12. The largest absolute Gasteiger partial charge is 0.461 e. The molecular formula is C23H28N2O6. The highest BCUT2D eigenvalue weighted by Crippen LogP contribution is 2.26. The summed E-state index contributed by atoms with van der Waals surface area (Å²) < 4.78 is 10.2. The predicted octanol–water partition coefficient (Wildman–Crippen LogP) is 2.17. The van der Waals surface area contributed by atoms with Gasteiger partial charge in [-0.1, -0.05) is 24.8 Å². The third kappa shape index (κ3) is 7.47. The van der Waals surface area contributed by atoms with Gasteiger partial charge in [-0.2, -0.15) is 0 Å². The van der Waals surface area contributed by atoms with E-state index in [4.69, 9.17) is 9.47 Å². The van der Waals surface area contributed by atoms with Crippen molar-refractivity contribution in [3.8, 4) is 0 Å². The maximum absolute atomic E-state index is 12.7. The van der Waals surface area contributed by atoms with Crippen LogP contribution in [0, 0.1) is 5.92 Å². The molecule has 1 aromatic heterocycles. The van der Waals surface area contributed by atoms with E-state index in [0.717, 1.165) is 11.3 Å². The van der Waals surface area contributed by atoms with Gasteiger partial charge >= 0.3 is 11.9 Å². The van der Waals surface area contributed by atoms with E-state index in [9.17, 15) is 19.2 Å². The number of aromatic nitrogens is 1. The molecule has 2 rings (SSSR count). The van der Waals surface area contributed by atoms with Crippen LogP contribution in [0.5, 0.6) is 0 Å². The summed E-state index contributed by atoms with van der Waals surface area (Å²) >= 11 is 0. The average molecular weight is 428 g/mol. The monoisotopic (exact) mass is 428 g/mol. The third-order valence-corrected chi connectivity index (χ3v) is 4.38. The Morgan fingerprint density at radius 2 is 1.94 bits per heavy atom. The number of carbonyl (C=O) groups is 4. The van der Waals surface area contributed by atoms with E-state index in [2.05, 4.69) is 16.9 Å². The van der Waals surface area contributed by atoms with E-state index >= 15 is 0 Å². The Balaban J connectivity index is 2.00. The number of hydrogen-bond acceptors (Lipinski definition) is 7. The SMILES string of the molecule is C=CCOC(=O)C[C@@H](CC(=O)OC(C)(C)C)C(=O)NCC(=O)C1=CCc2ncccc21. The van der Waals surface area contributed by atoms with E-state index in [0.29, 0.717) is 12.0 Å². The quantitative estimate of drug-likeness (QED) is 0.449. The molecule has 1 aromatic rings. The molecule has 0 spiro atoms. The number of rotatable bonds is 10. The van der Waals surface area contributed by atoms with Crippen LogP contribution in [0.15, 0.2) is 37.1 Å². The van der Waals surface area contributed by atoms with Crippen LogP contribution < -0.4 is 5.32 Å². The van der Waals surface area contributed by atoms with Gasteiger partial charge in [0.25, 0.3) is 0 Å². The Bertz CT molecular complexity index is 898. The van der Waals surface area contributed by atoms with Crippen LogP contribution >= 0.6 is 0 Å². The molecule has 1 aliphatic carbocycles. The first kappa shape index (κ1) is 24.0. The zero-order valence-corrected chi connectivity index (χ0v) is 18.1. The van der Waals surface area contributed by atoms with Crippen molar-refractivity contribution in [2.45, 2.75) is 45.6 Å². The molecule has 166 valence electrons. The standard InChI is InChI=1S/C23H28N2O6/c1-5-11-30-20(27)12-15(13-21(28)31-23(2,3)4)22(29)25-14-19(26)17-8-9-18-16(17)7-6-10-24-18/h5-8,10,15H,1,9,11-14H2,2-4H3,(H,25,29)/t15-/m0/s1. The number of amides is 1. The van der Waals surface area contributed by atoms with Gasteiger partial charge in [-0.25, -0.2) is 0 Å². The number of nitrogens with one attached hydrogen (secondary N) is 1. The number of nitrogens with zero attached hydrogens (tertiary/aromatic N) is 1. The summed E-state index contributed by atoms with van der Waals surface area (Å²) in [6.07, 6.45) is 4.77. The van der Waals surface area contributed by atoms with Crippen molar-refractivity contribution in [3.63, 3.8) is 0 Å². The maximum atomic E-state index is 12.7. The topological polar surface area (TPSA) is 112 Å². The summed E-state index contributed by atoms with van der Waals surface area (Å²) in [7, 11) is 0. The highest BCUT2D eigenvalue weighted by Gasteiger charge is 2.29. The Morgan fingerprint density at radius 1 is 1.23 bits per heavy atom. The predicted molar refractivity (Wildman–Crippen MR) is 114 cm³/mol. The fraction of sp³-hybridized carbons (Fsp3) is 0.435. The number of ketones is 1. The summed E-state index contributed by atoms with van der Waals surface area (Å²) in [5.74, 6) is -3.15. The number of ether oxygens (including phenoxy) is 2. The molecule has 1 amide bonds. The highest BCUT2D eigenvalue weighted by molar-refractivity contribution is 6.23.